The van der Waals surface area contributed by atoms with Crippen LogP contribution in [0.4, 0.5) is 5.82 Å². The Hall–Kier alpha value is 0.425. The number of carbonyl (C=O) groups excluding carboxylic acids is 1. The van der Waals surface area contributed by atoms with Crippen LogP contribution in [0.5, 0.6) is 0 Å². The smallest absolute Gasteiger partial charge is 0.440 e. The van der Waals surface area contributed by atoms with Crippen LogP contribution in [0, 0.1) is 6.92 Å². The zero-order valence-corrected chi connectivity index (χ0v) is 12.8. The second kappa shape index (κ2) is 4.78. The van der Waals surface area contributed by atoms with Crippen molar-refractivity contribution in [2.75, 3.05) is 0 Å². The summed E-state index contributed by atoms with van der Waals surface area (Å²) in [7, 11) is 0. The fourth-order valence-corrected chi connectivity index (χ4v) is 1.28. The minimum Gasteiger partial charge on any atom is -0.440 e. The first-order valence-electron chi connectivity index (χ1n) is 3.97. The van der Waals surface area contributed by atoms with Gasteiger partial charge in [-0.2, -0.15) is 0 Å². The van der Waals surface area contributed by atoms with Gasteiger partial charge in [-0.15, -0.1) is 0 Å². The van der Waals surface area contributed by atoms with Gasteiger partial charge in [0.15, 0.2) is 0 Å². The van der Waals surface area contributed by atoms with Gasteiger partial charge < -0.3 is 10.3 Å². The fourth-order valence-electron chi connectivity index (χ4n) is 1.28. The molecule has 0 unspecified atom stereocenters. The van der Waals surface area contributed by atoms with Crippen LogP contribution >= 0.6 is 0 Å². The molecule has 1 amide bonds. The van der Waals surface area contributed by atoms with Gasteiger partial charge in [0.05, 0.1) is 0 Å². The standard InChI is InChI=1S/C9H10N2O.Rb/c1-6-2-3-7-4-5-8(12)11-9(7)10-6;/h2-3H,4-5H2,1H3,(H,10,11,12);/q;+1/p-1. The van der Waals surface area contributed by atoms with Crippen molar-refractivity contribution in [2.45, 2.75) is 19.8 Å². The Kier molecular flexibility index (Phi) is 4.23. The molecule has 0 N–H and O–H groups in total. The summed E-state index contributed by atoms with van der Waals surface area (Å²) in [5.74, 6) is 0.562. The fraction of sp³-hybridized carbons (Fsp3) is 0.333. The van der Waals surface area contributed by atoms with Gasteiger partial charge >= 0.3 is 58.2 Å². The third kappa shape index (κ3) is 2.69. The van der Waals surface area contributed by atoms with Crippen LogP contribution in [0.1, 0.15) is 17.7 Å². The van der Waals surface area contributed by atoms with Gasteiger partial charge in [0.25, 0.3) is 0 Å². The van der Waals surface area contributed by atoms with Crippen molar-refractivity contribution < 1.29 is 63.0 Å². The second-order valence-electron chi connectivity index (χ2n) is 2.94. The maximum absolute atomic E-state index is 10.9. The molecule has 0 atom stereocenters. The number of carbonyl (C=O) groups is 1. The normalized spacial score (nSPS) is 14.1. The molecule has 62 valence electrons. The summed E-state index contributed by atoms with van der Waals surface area (Å²) in [4.78, 5) is 15.1. The zero-order chi connectivity index (χ0) is 8.55. The van der Waals surface area contributed by atoms with E-state index >= 15 is 0 Å². The molecule has 1 aromatic rings. The molecule has 1 aliphatic heterocycles. The molecule has 0 spiro atoms. The molecule has 0 bridgehead atoms. The number of hydrogen-bond acceptors (Lipinski definition) is 2. The van der Waals surface area contributed by atoms with Gasteiger partial charge in [-0.3, -0.25) is 4.79 Å². The van der Waals surface area contributed by atoms with Crippen LogP contribution in [-0.4, -0.2) is 10.9 Å². The Morgan fingerprint density at radius 2 is 2.15 bits per heavy atom. The van der Waals surface area contributed by atoms with E-state index in [0.29, 0.717) is 12.2 Å². The summed E-state index contributed by atoms with van der Waals surface area (Å²) < 4.78 is 0. The molecule has 0 saturated carbocycles. The Morgan fingerprint density at radius 3 is 2.92 bits per heavy atom. The van der Waals surface area contributed by atoms with E-state index < -0.39 is 0 Å². The summed E-state index contributed by atoms with van der Waals surface area (Å²) in [6.07, 6.45) is 1.31. The van der Waals surface area contributed by atoms with Crippen molar-refractivity contribution in [3.05, 3.63) is 28.7 Å². The van der Waals surface area contributed by atoms with Gasteiger partial charge in [-0.25, -0.2) is 0 Å². The molecule has 1 aliphatic rings. The molecule has 13 heavy (non-hydrogen) atoms. The van der Waals surface area contributed by atoms with E-state index in [1.54, 1.807) is 0 Å². The SMILES string of the molecule is Cc1ccc2c(n1)[N-]C(=O)CC2.[Rb+]. The van der Waals surface area contributed by atoms with Gasteiger partial charge in [-0.1, -0.05) is 23.6 Å². The van der Waals surface area contributed by atoms with E-state index in [0.717, 1.165) is 17.7 Å². The molecule has 2 rings (SSSR count). The second-order valence-corrected chi connectivity index (χ2v) is 2.94. The Balaban J connectivity index is 0.000000845. The first-order valence-corrected chi connectivity index (χ1v) is 3.97. The van der Waals surface area contributed by atoms with Crippen LogP contribution in [0.25, 0.3) is 5.32 Å². The molecule has 0 saturated heterocycles. The van der Waals surface area contributed by atoms with E-state index in [2.05, 4.69) is 10.3 Å². The molecule has 0 aromatic carbocycles. The molecule has 4 heteroatoms. The van der Waals surface area contributed by atoms with E-state index in [1.165, 1.54) is 0 Å². The molecule has 2 heterocycles. The first-order chi connectivity index (χ1) is 5.75. The molecule has 3 nitrogen and oxygen atoms in total. The van der Waals surface area contributed by atoms with E-state index in [1.807, 2.05) is 19.1 Å². The van der Waals surface area contributed by atoms with Crippen LogP contribution in [-0.2, 0) is 11.2 Å². The van der Waals surface area contributed by atoms with Crippen LogP contribution < -0.4 is 58.2 Å². The average Bonchev–Trinajstić information content (AvgIpc) is 2.03. The number of amides is 1. The number of aryl methyl sites for hydroxylation is 2. The average molecular weight is 247 g/mol. The predicted octanol–water partition coefficient (Wildman–Crippen LogP) is -1.13. The third-order valence-electron chi connectivity index (χ3n) is 1.93. The minimum absolute atomic E-state index is 0. The maximum Gasteiger partial charge on any atom is 1.00 e. The summed E-state index contributed by atoms with van der Waals surface area (Å²) in [6, 6.07) is 3.94. The van der Waals surface area contributed by atoms with Crippen molar-refractivity contribution in [2.24, 2.45) is 0 Å². The first kappa shape index (κ1) is 11.5. The molecule has 0 fully saturated rings. The molecular formula is C9H9N2ORb. The summed E-state index contributed by atoms with van der Waals surface area (Å²) in [5.41, 5.74) is 1.99. The molecular weight excluding hydrogens is 238 g/mol. The molecule has 0 aliphatic carbocycles. The van der Waals surface area contributed by atoms with Crippen molar-refractivity contribution in [1.29, 1.82) is 0 Å². The maximum atomic E-state index is 10.9. The predicted molar refractivity (Wildman–Crippen MR) is 45.3 cm³/mol. The quantitative estimate of drug-likeness (QED) is 0.582. The van der Waals surface area contributed by atoms with Gasteiger partial charge in [0.2, 0.25) is 0 Å². The van der Waals surface area contributed by atoms with Crippen molar-refractivity contribution >= 4 is 11.7 Å². The Labute approximate surface area is 126 Å². The van der Waals surface area contributed by atoms with Crippen LogP contribution in [0.3, 0.4) is 0 Å². The number of rotatable bonds is 0. The number of aromatic nitrogens is 1. The minimum atomic E-state index is -0.0550. The monoisotopic (exact) mass is 246 g/mol. The summed E-state index contributed by atoms with van der Waals surface area (Å²) in [5, 5.41) is 3.86. The van der Waals surface area contributed by atoms with E-state index in [-0.39, 0.29) is 64.1 Å². The van der Waals surface area contributed by atoms with Crippen molar-refractivity contribution in [3.63, 3.8) is 0 Å². The van der Waals surface area contributed by atoms with Crippen LogP contribution in [0.2, 0.25) is 0 Å². The zero-order valence-electron chi connectivity index (χ0n) is 7.87. The van der Waals surface area contributed by atoms with Gasteiger partial charge in [0, 0.05) is 6.42 Å². The third-order valence-corrected chi connectivity index (χ3v) is 1.93. The van der Waals surface area contributed by atoms with E-state index in [4.69, 9.17) is 0 Å². The van der Waals surface area contributed by atoms with Gasteiger partial charge in [-0.05, 0) is 18.9 Å². The van der Waals surface area contributed by atoms with Crippen molar-refractivity contribution in [3.8, 4) is 0 Å². The largest absolute Gasteiger partial charge is 1.00 e. The Morgan fingerprint density at radius 1 is 1.38 bits per heavy atom. The molecule has 1 aromatic heterocycles. The number of nitrogens with zero attached hydrogens (tertiary/aromatic N) is 2. The topological polar surface area (TPSA) is 44.1 Å². The number of pyridine rings is 1. The number of fused-ring (bicyclic) bond motifs is 1. The van der Waals surface area contributed by atoms with E-state index in [9.17, 15) is 4.79 Å². The Bertz CT molecular complexity index is 338. The van der Waals surface area contributed by atoms with Gasteiger partial charge in [0.1, 0.15) is 5.91 Å². The number of hydrogen-bond donors (Lipinski definition) is 0. The summed E-state index contributed by atoms with van der Waals surface area (Å²) >= 11 is 0. The summed E-state index contributed by atoms with van der Waals surface area (Å²) in [6.45, 7) is 1.90. The van der Waals surface area contributed by atoms with Crippen molar-refractivity contribution in [1.82, 2.24) is 4.98 Å². The molecule has 0 radical (unpaired) electrons. The van der Waals surface area contributed by atoms with Crippen LogP contribution in [0.15, 0.2) is 12.1 Å².